The molecule has 1 heterocycles. The first-order valence-corrected chi connectivity index (χ1v) is 6.15. The quantitative estimate of drug-likeness (QED) is 0.882. The third kappa shape index (κ3) is 3.59. The summed E-state index contributed by atoms with van der Waals surface area (Å²) in [5, 5.41) is 0.640. The summed E-state index contributed by atoms with van der Waals surface area (Å²) in [7, 11) is 0. The summed E-state index contributed by atoms with van der Waals surface area (Å²) >= 11 is 11.6. The van der Waals surface area contributed by atoms with E-state index in [9.17, 15) is 4.79 Å². The minimum Gasteiger partial charge on any atom is -0.489 e. The Morgan fingerprint density at radius 3 is 2.42 bits per heavy atom. The van der Waals surface area contributed by atoms with Crippen LogP contribution >= 0.6 is 23.2 Å². The predicted molar refractivity (Wildman–Crippen MR) is 73.5 cm³/mol. The van der Waals surface area contributed by atoms with Crippen molar-refractivity contribution in [3.8, 4) is 5.75 Å². The Labute approximate surface area is 120 Å². The second-order valence-corrected chi connectivity index (χ2v) is 4.51. The number of primary amides is 1. The van der Waals surface area contributed by atoms with Crippen molar-refractivity contribution in [2.24, 2.45) is 5.73 Å². The van der Waals surface area contributed by atoms with Crippen LogP contribution in [0.3, 0.4) is 0 Å². The van der Waals surface area contributed by atoms with Crippen LogP contribution in [-0.2, 0) is 6.61 Å². The Morgan fingerprint density at radius 2 is 1.84 bits per heavy atom. The van der Waals surface area contributed by atoms with Gasteiger partial charge in [0.15, 0.2) is 0 Å². The van der Waals surface area contributed by atoms with Gasteiger partial charge in [0, 0.05) is 11.1 Å². The number of ether oxygens (including phenoxy) is 1. The molecule has 0 aliphatic heterocycles. The molecule has 2 N–H and O–H groups in total. The van der Waals surface area contributed by atoms with Crippen molar-refractivity contribution in [3.05, 3.63) is 57.8 Å². The van der Waals surface area contributed by atoms with Gasteiger partial charge in [-0.1, -0.05) is 23.2 Å². The average Bonchev–Trinajstić information content (AvgIpc) is 2.38. The standard InChI is InChI=1S/C13H10Cl2N2O2/c14-11-6-3-9(12(15)17-11)7-19-10-4-1-8(2-5-10)13(16)18/h1-6H,7H2,(H2,16,18). The summed E-state index contributed by atoms with van der Waals surface area (Å²) in [6, 6.07) is 9.91. The van der Waals surface area contributed by atoms with Gasteiger partial charge in [-0.2, -0.15) is 0 Å². The molecule has 6 heteroatoms. The molecule has 0 fully saturated rings. The predicted octanol–water partition coefficient (Wildman–Crippen LogP) is 3.07. The molecule has 1 amide bonds. The Kier molecular flexibility index (Phi) is 4.24. The number of amides is 1. The molecule has 0 unspecified atom stereocenters. The van der Waals surface area contributed by atoms with E-state index in [0.29, 0.717) is 21.6 Å². The zero-order chi connectivity index (χ0) is 13.8. The first-order valence-electron chi connectivity index (χ1n) is 5.40. The van der Waals surface area contributed by atoms with E-state index in [-0.39, 0.29) is 6.61 Å². The lowest BCUT2D eigenvalue weighted by molar-refractivity contribution is 0.100. The van der Waals surface area contributed by atoms with Gasteiger partial charge in [0.1, 0.15) is 22.7 Å². The number of nitrogens with zero attached hydrogens (tertiary/aromatic N) is 1. The molecular weight excluding hydrogens is 287 g/mol. The van der Waals surface area contributed by atoms with Crippen LogP contribution in [0.1, 0.15) is 15.9 Å². The molecule has 0 saturated carbocycles. The highest BCUT2D eigenvalue weighted by Crippen LogP contribution is 2.19. The number of hydrogen-bond donors (Lipinski definition) is 1. The minimum absolute atomic E-state index is 0.263. The number of benzene rings is 1. The molecule has 0 aliphatic rings. The average molecular weight is 297 g/mol. The maximum atomic E-state index is 10.9. The minimum atomic E-state index is -0.475. The van der Waals surface area contributed by atoms with Crippen molar-refractivity contribution in [3.63, 3.8) is 0 Å². The van der Waals surface area contributed by atoms with Crippen LogP contribution in [0.4, 0.5) is 0 Å². The van der Waals surface area contributed by atoms with Crippen molar-refractivity contribution in [1.82, 2.24) is 4.98 Å². The highest BCUT2D eigenvalue weighted by atomic mass is 35.5. The van der Waals surface area contributed by atoms with Crippen molar-refractivity contribution >= 4 is 29.1 Å². The van der Waals surface area contributed by atoms with E-state index in [1.807, 2.05) is 0 Å². The van der Waals surface area contributed by atoms with Gasteiger partial charge in [0.05, 0.1) is 0 Å². The fourth-order valence-electron chi connectivity index (χ4n) is 1.43. The van der Waals surface area contributed by atoms with E-state index >= 15 is 0 Å². The molecule has 0 bridgehead atoms. The van der Waals surface area contributed by atoms with Gasteiger partial charge in [-0.05, 0) is 36.4 Å². The van der Waals surface area contributed by atoms with Gasteiger partial charge in [0.25, 0.3) is 0 Å². The van der Waals surface area contributed by atoms with Crippen LogP contribution in [0.2, 0.25) is 10.3 Å². The molecule has 2 rings (SSSR count). The molecule has 1 aromatic heterocycles. The first-order chi connectivity index (χ1) is 9.06. The second kappa shape index (κ2) is 5.91. The smallest absolute Gasteiger partial charge is 0.248 e. The van der Waals surface area contributed by atoms with Gasteiger partial charge in [-0.3, -0.25) is 4.79 Å². The third-order valence-electron chi connectivity index (χ3n) is 2.43. The number of carbonyl (C=O) groups excluding carboxylic acids is 1. The molecule has 4 nitrogen and oxygen atoms in total. The van der Waals surface area contributed by atoms with Crippen LogP contribution in [0.5, 0.6) is 5.75 Å². The maximum Gasteiger partial charge on any atom is 0.248 e. The lowest BCUT2D eigenvalue weighted by Crippen LogP contribution is -2.10. The molecule has 2 aromatic rings. The zero-order valence-electron chi connectivity index (χ0n) is 9.77. The largest absolute Gasteiger partial charge is 0.489 e. The SMILES string of the molecule is NC(=O)c1ccc(OCc2ccc(Cl)nc2Cl)cc1. The third-order valence-corrected chi connectivity index (χ3v) is 2.96. The molecule has 0 aliphatic carbocycles. The lowest BCUT2D eigenvalue weighted by Gasteiger charge is -2.07. The van der Waals surface area contributed by atoms with Gasteiger partial charge in [-0.15, -0.1) is 0 Å². The van der Waals surface area contributed by atoms with Gasteiger partial charge in [-0.25, -0.2) is 4.98 Å². The van der Waals surface area contributed by atoms with Gasteiger partial charge >= 0.3 is 0 Å². The van der Waals surface area contributed by atoms with E-state index in [1.54, 1.807) is 36.4 Å². The Balaban J connectivity index is 2.04. The van der Waals surface area contributed by atoms with E-state index in [1.165, 1.54) is 0 Å². The van der Waals surface area contributed by atoms with E-state index in [2.05, 4.69) is 4.98 Å². The summed E-state index contributed by atoms with van der Waals surface area (Å²) in [6.45, 7) is 0.263. The van der Waals surface area contributed by atoms with Crippen LogP contribution in [0.25, 0.3) is 0 Å². The Morgan fingerprint density at radius 1 is 1.16 bits per heavy atom. The summed E-state index contributed by atoms with van der Waals surface area (Å²) < 4.78 is 5.53. The highest BCUT2D eigenvalue weighted by molar-refractivity contribution is 6.32. The van der Waals surface area contributed by atoms with Crippen LogP contribution in [0, 0.1) is 0 Å². The Bertz CT molecular complexity index is 600. The van der Waals surface area contributed by atoms with Crippen LogP contribution in [0.15, 0.2) is 36.4 Å². The van der Waals surface area contributed by atoms with Crippen molar-refractivity contribution in [2.45, 2.75) is 6.61 Å². The van der Waals surface area contributed by atoms with E-state index in [0.717, 1.165) is 5.56 Å². The van der Waals surface area contributed by atoms with Crippen LogP contribution < -0.4 is 10.5 Å². The number of aromatic nitrogens is 1. The number of halogens is 2. The molecule has 0 spiro atoms. The monoisotopic (exact) mass is 296 g/mol. The fraction of sp³-hybridized carbons (Fsp3) is 0.0769. The molecular formula is C13H10Cl2N2O2. The summed E-state index contributed by atoms with van der Waals surface area (Å²) in [5.41, 5.74) is 6.30. The number of pyridine rings is 1. The number of nitrogens with two attached hydrogens (primary N) is 1. The first kappa shape index (κ1) is 13.6. The molecule has 0 atom stereocenters. The molecule has 0 saturated heterocycles. The summed E-state index contributed by atoms with van der Waals surface area (Å²) in [6.07, 6.45) is 0. The van der Waals surface area contributed by atoms with Crippen molar-refractivity contribution in [1.29, 1.82) is 0 Å². The highest BCUT2D eigenvalue weighted by Gasteiger charge is 2.05. The topological polar surface area (TPSA) is 65.2 Å². The van der Waals surface area contributed by atoms with E-state index < -0.39 is 5.91 Å². The van der Waals surface area contributed by atoms with E-state index in [4.69, 9.17) is 33.7 Å². The fourth-order valence-corrected chi connectivity index (χ4v) is 1.82. The van der Waals surface area contributed by atoms with Gasteiger partial charge in [0.2, 0.25) is 5.91 Å². The van der Waals surface area contributed by atoms with Crippen LogP contribution in [-0.4, -0.2) is 10.9 Å². The molecule has 98 valence electrons. The molecule has 0 radical (unpaired) electrons. The number of hydrogen-bond acceptors (Lipinski definition) is 3. The van der Waals surface area contributed by atoms with Gasteiger partial charge < -0.3 is 10.5 Å². The van der Waals surface area contributed by atoms with Crippen molar-refractivity contribution < 1.29 is 9.53 Å². The number of rotatable bonds is 4. The Hall–Kier alpha value is -1.78. The second-order valence-electron chi connectivity index (χ2n) is 3.76. The normalized spacial score (nSPS) is 10.2. The summed E-state index contributed by atoms with van der Waals surface area (Å²) in [5.74, 6) is 0.132. The molecule has 19 heavy (non-hydrogen) atoms. The number of carbonyl (C=O) groups is 1. The molecule has 1 aromatic carbocycles. The zero-order valence-corrected chi connectivity index (χ0v) is 11.3. The van der Waals surface area contributed by atoms with Crippen molar-refractivity contribution in [2.75, 3.05) is 0 Å². The maximum absolute atomic E-state index is 10.9. The summed E-state index contributed by atoms with van der Waals surface area (Å²) in [4.78, 5) is 14.8. The lowest BCUT2D eigenvalue weighted by atomic mass is 10.2.